The minimum Gasteiger partial charge on any atom is -0.207 e. The highest BCUT2D eigenvalue weighted by Gasteiger charge is 2.20. The normalized spacial score (nSPS) is 12.7. The summed E-state index contributed by atoms with van der Waals surface area (Å²) in [5.41, 5.74) is 0. The molecule has 0 aliphatic heterocycles. The molecule has 0 amide bonds. The van der Waals surface area contributed by atoms with Crippen molar-refractivity contribution >= 4 is 0 Å². The van der Waals surface area contributed by atoms with Crippen molar-refractivity contribution in [1.29, 1.82) is 0 Å². The Balaban J connectivity index is 3.28. The van der Waals surface area contributed by atoms with Crippen molar-refractivity contribution in [2.45, 2.75) is 19.3 Å². The van der Waals surface area contributed by atoms with Crippen molar-refractivity contribution in [2.75, 3.05) is 13.6 Å². The van der Waals surface area contributed by atoms with Gasteiger partial charge in [0.15, 0.2) is 0 Å². The summed E-state index contributed by atoms with van der Waals surface area (Å²) in [5, 5.41) is 0.247. The highest BCUT2D eigenvalue weighted by molar-refractivity contribution is 4.57. The van der Waals surface area contributed by atoms with Crippen LogP contribution in [0.5, 0.6) is 0 Å². The first-order valence-corrected chi connectivity index (χ1v) is 2.66. The second-order valence-corrected chi connectivity index (χ2v) is 2.15. The lowest BCUT2D eigenvalue weighted by atomic mass is 10.3. The monoisotopic (exact) mass is 141 g/mol. The zero-order chi connectivity index (χ0) is 7.49. The molecule has 0 heterocycles. The molecule has 0 radical (unpaired) electrons. The molecule has 4 heteroatoms. The maximum absolute atomic E-state index is 11.9. The van der Waals surface area contributed by atoms with Gasteiger partial charge in [0.05, 0.1) is 0 Å². The summed E-state index contributed by atoms with van der Waals surface area (Å²) in [4.78, 5) is 0. The predicted octanol–water partition coefficient (Wildman–Crippen LogP) is 1.85. The van der Waals surface area contributed by atoms with Crippen LogP contribution in [0, 0.1) is 0 Å². The first-order valence-electron chi connectivity index (χ1n) is 2.66. The van der Waals surface area contributed by atoms with Crippen LogP contribution in [-0.4, -0.2) is 24.6 Å². The number of nitrogens with zero attached hydrogens (tertiary/aromatic N) is 1. The molecule has 0 rings (SSSR count). The van der Waals surface area contributed by atoms with E-state index in [1.807, 2.05) is 0 Å². The summed E-state index contributed by atoms with van der Waals surface area (Å²) >= 11 is 0. The van der Waals surface area contributed by atoms with Gasteiger partial charge in [-0.15, -0.1) is 9.60 Å². The van der Waals surface area contributed by atoms with Crippen LogP contribution in [-0.2, 0) is 0 Å². The quantitative estimate of drug-likeness (QED) is 0.542. The molecule has 0 aromatic rings. The van der Waals surface area contributed by atoms with Gasteiger partial charge >= 0.3 is 0 Å². The van der Waals surface area contributed by atoms with E-state index in [2.05, 4.69) is 0 Å². The Kier molecular flexibility index (Phi) is 2.97. The third kappa shape index (κ3) is 7.75. The standard InChI is InChI=1S/C5H10F3N/c1-5(6,7)3-4-9(2)8/h3-4H2,1-2H3. The largest absolute Gasteiger partial charge is 0.246 e. The molecule has 0 fully saturated rings. The smallest absolute Gasteiger partial charge is 0.207 e. The topological polar surface area (TPSA) is 3.24 Å². The van der Waals surface area contributed by atoms with Crippen LogP contribution in [0.2, 0.25) is 0 Å². The summed E-state index contributed by atoms with van der Waals surface area (Å²) in [6.07, 6.45) is -0.431. The van der Waals surface area contributed by atoms with Crippen molar-refractivity contribution < 1.29 is 13.3 Å². The molecule has 0 saturated heterocycles. The first-order chi connectivity index (χ1) is 3.92. The van der Waals surface area contributed by atoms with E-state index in [4.69, 9.17) is 0 Å². The van der Waals surface area contributed by atoms with Crippen molar-refractivity contribution in [3.8, 4) is 0 Å². The Morgan fingerprint density at radius 1 is 1.44 bits per heavy atom. The lowest BCUT2D eigenvalue weighted by molar-refractivity contribution is -0.0245. The Labute approximate surface area is 52.4 Å². The highest BCUT2D eigenvalue weighted by atomic mass is 19.3. The van der Waals surface area contributed by atoms with E-state index >= 15 is 0 Å². The second-order valence-electron chi connectivity index (χ2n) is 2.15. The van der Waals surface area contributed by atoms with Gasteiger partial charge in [-0.2, -0.15) is 0 Å². The van der Waals surface area contributed by atoms with E-state index in [0.29, 0.717) is 0 Å². The minimum atomic E-state index is -2.75. The molecular formula is C5H10F3N. The van der Waals surface area contributed by atoms with Gasteiger partial charge in [-0.3, -0.25) is 0 Å². The van der Waals surface area contributed by atoms with Gasteiger partial charge in [-0.25, -0.2) is 8.78 Å². The van der Waals surface area contributed by atoms with E-state index in [1.54, 1.807) is 0 Å². The van der Waals surface area contributed by atoms with Crippen LogP contribution >= 0.6 is 0 Å². The number of alkyl halides is 2. The van der Waals surface area contributed by atoms with Crippen LogP contribution < -0.4 is 0 Å². The minimum absolute atomic E-state index is 0.219. The average molecular weight is 141 g/mol. The van der Waals surface area contributed by atoms with E-state index in [-0.39, 0.29) is 11.7 Å². The Bertz CT molecular complexity index is 76.8. The van der Waals surface area contributed by atoms with E-state index < -0.39 is 12.3 Å². The van der Waals surface area contributed by atoms with Gasteiger partial charge in [0, 0.05) is 20.0 Å². The van der Waals surface area contributed by atoms with Gasteiger partial charge in [-0.05, 0) is 6.92 Å². The Morgan fingerprint density at radius 2 is 1.89 bits per heavy atom. The fourth-order valence-corrected chi connectivity index (χ4v) is 0.350. The van der Waals surface area contributed by atoms with Gasteiger partial charge in [0.1, 0.15) is 0 Å². The molecule has 1 nitrogen and oxygen atoms in total. The summed E-state index contributed by atoms with van der Waals surface area (Å²) in [7, 11) is 1.12. The van der Waals surface area contributed by atoms with E-state index in [1.165, 1.54) is 0 Å². The molecule has 0 aromatic heterocycles. The molecular weight excluding hydrogens is 131 g/mol. The van der Waals surface area contributed by atoms with Crippen LogP contribution in [0.15, 0.2) is 0 Å². The number of hydrogen-bond acceptors (Lipinski definition) is 1. The first kappa shape index (κ1) is 8.75. The van der Waals surface area contributed by atoms with Crippen LogP contribution in [0.1, 0.15) is 13.3 Å². The predicted molar refractivity (Wildman–Crippen MR) is 29.0 cm³/mol. The van der Waals surface area contributed by atoms with Crippen LogP contribution in [0.3, 0.4) is 0 Å². The number of rotatable bonds is 3. The fourth-order valence-electron chi connectivity index (χ4n) is 0.350. The average Bonchev–Trinajstić information content (AvgIpc) is 1.59. The third-order valence-corrected chi connectivity index (χ3v) is 0.859. The fraction of sp³-hybridized carbons (Fsp3) is 1.00. The molecule has 0 aliphatic rings. The second kappa shape index (κ2) is 3.06. The van der Waals surface area contributed by atoms with Crippen LogP contribution in [0.25, 0.3) is 0 Å². The summed E-state index contributed by atoms with van der Waals surface area (Å²) in [6, 6.07) is 0. The maximum atomic E-state index is 11.9. The SMILES string of the molecule is CN(F)CCC(C)(F)F. The maximum Gasteiger partial charge on any atom is 0.246 e. The lowest BCUT2D eigenvalue weighted by Crippen LogP contribution is -2.18. The summed E-state index contributed by atoms with van der Waals surface area (Å²) in [6.45, 7) is 0.556. The zero-order valence-corrected chi connectivity index (χ0v) is 5.50. The van der Waals surface area contributed by atoms with Crippen molar-refractivity contribution in [1.82, 2.24) is 5.12 Å². The zero-order valence-electron chi connectivity index (χ0n) is 5.50. The molecule has 0 spiro atoms. The molecule has 0 aliphatic carbocycles. The lowest BCUT2D eigenvalue weighted by Gasteiger charge is -2.10. The number of hydrogen-bond donors (Lipinski definition) is 0. The van der Waals surface area contributed by atoms with Crippen molar-refractivity contribution in [3.63, 3.8) is 0 Å². The molecule has 0 aromatic carbocycles. The third-order valence-electron chi connectivity index (χ3n) is 0.859. The van der Waals surface area contributed by atoms with Gasteiger partial charge in [0.2, 0.25) is 5.92 Å². The summed E-state index contributed by atoms with van der Waals surface area (Å²) < 4.78 is 35.5. The Morgan fingerprint density at radius 3 is 2.00 bits per heavy atom. The van der Waals surface area contributed by atoms with E-state index in [0.717, 1.165) is 14.0 Å². The van der Waals surface area contributed by atoms with Gasteiger partial charge < -0.3 is 0 Å². The van der Waals surface area contributed by atoms with Gasteiger partial charge in [0.25, 0.3) is 0 Å². The van der Waals surface area contributed by atoms with Gasteiger partial charge in [-0.1, -0.05) is 0 Å². The summed E-state index contributed by atoms with van der Waals surface area (Å²) in [5.74, 6) is -2.75. The van der Waals surface area contributed by atoms with E-state index in [9.17, 15) is 13.3 Å². The molecule has 0 unspecified atom stereocenters. The van der Waals surface area contributed by atoms with Crippen molar-refractivity contribution in [2.24, 2.45) is 0 Å². The number of halogens is 3. The highest BCUT2D eigenvalue weighted by Crippen LogP contribution is 2.16. The molecule has 0 saturated carbocycles. The molecule has 9 heavy (non-hydrogen) atoms. The molecule has 0 atom stereocenters. The van der Waals surface area contributed by atoms with Crippen LogP contribution in [0.4, 0.5) is 13.3 Å². The Hall–Kier alpha value is -0.250. The van der Waals surface area contributed by atoms with Crippen molar-refractivity contribution in [3.05, 3.63) is 0 Å². The molecule has 0 N–H and O–H groups in total. The molecule has 0 bridgehead atoms. The molecule has 56 valence electrons.